The number of alkyl halides is 3. The Hall–Kier alpha value is -4.49. The van der Waals surface area contributed by atoms with E-state index in [9.17, 15) is 22.0 Å². The second-order valence-electron chi connectivity index (χ2n) is 7.59. The molecule has 0 spiro atoms. The molecule has 0 radical (unpaired) electrons. The molecule has 9 nitrogen and oxygen atoms in total. The molecule has 0 amide bonds. The molecule has 0 aliphatic rings. The first-order valence-corrected chi connectivity index (χ1v) is 10.4. The summed E-state index contributed by atoms with van der Waals surface area (Å²) in [5.74, 6) is -3.38. The van der Waals surface area contributed by atoms with Crippen molar-refractivity contribution in [3.63, 3.8) is 0 Å². The van der Waals surface area contributed by atoms with Crippen LogP contribution in [0, 0.1) is 17.2 Å². The fraction of sp³-hybridized carbons (Fsp3) is 0.182. The highest BCUT2D eigenvalue weighted by atomic mass is 19.4. The number of nitrogens with one attached hydrogen (secondary N) is 2. The van der Waals surface area contributed by atoms with Crippen LogP contribution in [0.25, 0.3) is 16.6 Å². The van der Waals surface area contributed by atoms with Gasteiger partial charge in [0.15, 0.2) is 5.82 Å². The average Bonchev–Trinajstić information content (AvgIpc) is 3.23. The van der Waals surface area contributed by atoms with Gasteiger partial charge in [0, 0.05) is 41.7 Å². The Labute approximate surface area is 200 Å². The molecule has 1 unspecified atom stereocenters. The van der Waals surface area contributed by atoms with E-state index in [2.05, 4.69) is 30.5 Å². The van der Waals surface area contributed by atoms with Crippen LogP contribution in [0.15, 0.2) is 60.0 Å². The van der Waals surface area contributed by atoms with Crippen LogP contribution in [-0.2, 0) is 6.18 Å². The van der Waals surface area contributed by atoms with Crippen molar-refractivity contribution in [2.24, 2.45) is 5.11 Å². The Bertz CT molecular complexity index is 1450. The standard InChI is InChI=1S/C22H18F5N9/c1-2-13(17(35-29)9-30-16-4-3-12(23)5-15(16)24)18-6-14(19-20(28)33-10-34-36(18)19)11-7-31-21(32-8-11)22(25,26)27/h3-10,13,29-30H,2H2,1H3,(H2,28,33,34)/b17-9-,35-29?. The van der Waals surface area contributed by atoms with E-state index in [0.29, 0.717) is 29.3 Å². The molecule has 186 valence electrons. The molecule has 0 saturated heterocycles. The quantitative estimate of drug-likeness (QED) is 0.224. The second kappa shape index (κ2) is 9.64. The van der Waals surface area contributed by atoms with Crippen molar-refractivity contribution in [3.8, 4) is 11.1 Å². The van der Waals surface area contributed by atoms with Crippen molar-refractivity contribution < 1.29 is 22.0 Å². The van der Waals surface area contributed by atoms with Gasteiger partial charge in [-0.1, -0.05) is 6.92 Å². The minimum atomic E-state index is -4.70. The lowest BCUT2D eigenvalue weighted by Gasteiger charge is -2.15. The molecule has 0 aliphatic carbocycles. The summed E-state index contributed by atoms with van der Waals surface area (Å²) in [6, 6.07) is 4.61. The third-order valence-corrected chi connectivity index (χ3v) is 5.38. The monoisotopic (exact) mass is 503 g/mol. The predicted octanol–water partition coefficient (Wildman–Crippen LogP) is 5.54. The summed E-state index contributed by atoms with van der Waals surface area (Å²) in [6.45, 7) is 1.81. The number of aromatic nitrogens is 5. The van der Waals surface area contributed by atoms with Gasteiger partial charge in [0.25, 0.3) is 0 Å². The Morgan fingerprint density at radius 1 is 1.19 bits per heavy atom. The lowest BCUT2D eigenvalue weighted by molar-refractivity contribution is -0.144. The van der Waals surface area contributed by atoms with Crippen LogP contribution in [-0.4, -0.2) is 24.6 Å². The van der Waals surface area contributed by atoms with E-state index in [4.69, 9.17) is 11.3 Å². The first-order valence-electron chi connectivity index (χ1n) is 10.4. The molecule has 4 rings (SSSR count). The van der Waals surface area contributed by atoms with Crippen LogP contribution in [0.4, 0.5) is 33.5 Å². The highest BCUT2D eigenvalue weighted by Crippen LogP contribution is 2.37. The molecule has 0 saturated carbocycles. The largest absolute Gasteiger partial charge is 0.451 e. The number of hydrogen-bond donors (Lipinski definition) is 3. The van der Waals surface area contributed by atoms with Crippen molar-refractivity contribution in [1.29, 1.82) is 5.53 Å². The summed E-state index contributed by atoms with van der Waals surface area (Å²) in [5, 5.41) is 10.5. The zero-order valence-corrected chi connectivity index (χ0v) is 18.6. The van der Waals surface area contributed by atoms with Crippen LogP contribution in [0.5, 0.6) is 0 Å². The van der Waals surface area contributed by atoms with E-state index in [1.807, 2.05) is 6.92 Å². The van der Waals surface area contributed by atoms with Crippen molar-refractivity contribution in [3.05, 3.63) is 78.0 Å². The summed E-state index contributed by atoms with van der Waals surface area (Å²) in [5.41, 5.74) is 15.3. The smallest absolute Gasteiger partial charge is 0.382 e. The molecule has 4 N–H and O–H groups in total. The first-order chi connectivity index (χ1) is 17.1. The van der Waals surface area contributed by atoms with Crippen molar-refractivity contribution in [1.82, 2.24) is 24.6 Å². The molecule has 4 aromatic rings. The number of allylic oxidation sites excluding steroid dienone is 1. The van der Waals surface area contributed by atoms with E-state index in [1.54, 1.807) is 6.07 Å². The molecule has 0 bridgehead atoms. The van der Waals surface area contributed by atoms with Gasteiger partial charge in [0.05, 0.1) is 17.1 Å². The maximum Gasteiger partial charge on any atom is 0.451 e. The topological polar surface area (TPSA) is 130 Å². The van der Waals surface area contributed by atoms with Crippen LogP contribution in [0.1, 0.15) is 30.8 Å². The SMILES string of the molecule is CCC(/C(=C/Nc1ccc(F)cc1F)N=N)c1cc(-c2cnc(C(F)(F)F)nc2)c2c(N)ncnn12. The van der Waals surface area contributed by atoms with Gasteiger partial charge in [-0.05, 0) is 24.6 Å². The summed E-state index contributed by atoms with van der Waals surface area (Å²) >= 11 is 0. The summed E-state index contributed by atoms with van der Waals surface area (Å²) in [6.07, 6.45) is 0.260. The number of fused-ring (bicyclic) bond motifs is 1. The third-order valence-electron chi connectivity index (χ3n) is 5.38. The number of nitrogens with two attached hydrogens (primary N) is 1. The maximum atomic E-state index is 14.0. The Morgan fingerprint density at radius 2 is 1.92 bits per heavy atom. The molecular weight excluding hydrogens is 485 g/mol. The number of hydrogen-bond acceptors (Lipinski definition) is 8. The number of halogens is 5. The van der Waals surface area contributed by atoms with Gasteiger partial charge in [-0.3, -0.25) is 0 Å². The molecular formula is C22H18F5N9. The average molecular weight is 503 g/mol. The van der Waals surface area contributed by atoms with Crippen LogP contribution in [0.2, 0.25) is 0 Å². The van der Waals surface area contributed by atoms with E-state index in [-0.39, 0.29) is 22.8 Å². The summed E-state index contributed by atoms with van der Waals surface area (Å²) in [7, 11) is 0. The van der Waals surface area contributed by atoms with Gasteiger partial charge in [0.2, 0.25) is 5.82 Å². The highest BCUT2D eigenvalue weighted by Gasteiger charge is 2.34. The van der Waals surface area contributed by atoms with Gasteiger partial charge in [-0.2, -0.15) is 23.4 Å². The Kier molecular flexibility index (Phi) is 6.59. The number of benzene rings is 1. The van der Waals surface area contributed by atoms with Gasteiger partial charge >= 0.3 is 6.18 Å². The van der Waals surface area contributed by atoms with Crippen LogP contribution in [0.3, 0.4) is 0 Å². The lowest BCUT2D eigenvalue weighted by atomic mass is 9.98. The Morgan fingerprint density at radius 3 is 2.53 bits per heavy atom. The van der Waals surface area contributed by atoms with E-state index < -0.39 is 29.6 Å². The fourth-order valence-corrected chi connectivity index (χ4v) is 3.71. The molecule has 0 fully saturated rings. The maximum absolute atomic E-state index is 14.0. The fourth-order valence-electron chi connectivity index (χ4n) is 3.71. The van der Waals surface area contributed by atoms with Gasteiger partial charge < -0.3 is 11.1 Å². The molecule has 14 heteroatoms. The number of rotatable bonds is 7. The normalized spacial score (nSPS) is 13.1. The molecule has 3 aromatic heterocycles. The molecule has 1 aromatic carbocycles. The minimum Gasteiger partial charge on any atom is -0.382 e. The third kappa shape index (κ3) is 4.69. The summed E-state index contributed by atoms with van der Waals surface area (Å²) < 4.78 is 67.4. The summed E-state index contributed by atoms with van der Waals surface area (Å²) in [4.78, 5) is 10.8. The van der Waals surface area contributed by atoms with Crippen LogP contribution < -0.4 is 11.1 Å². The second-order valence-corrected chi connectivity index (χ2v) is 7.59. The van der Waals surface area contributed by atoms with Crippen LogP contribution >= 0.6 is 0 Å². The van der Waals surface area contributed by atoms with Gasteiger partial charge in [0.1, 0.15) is 23.5 Å². The lowest BCUT2D eigenvalue weighted by Crippen LogP contribution is -2.10. The van der Waals surface area contributed by atoms with E-state index in [1.165, 1.54) is 23.1 Å². The number of nitrogen functional groups attached to an aromatic ring is 1. The van der Waals surface area contributed by atoms with Crippen molar-refractivity contribution in [2.75, 3.05) is 11.1 Å². The number of anilines is 2. The minimum absolute atomic E-state index is 0.0263. The van der Waals surface area contributed by atoms with Gasteiger partial charge in [-0.15, -0.1) is 0 Å². The Balaban J connectivity index is 1.79. The highest BCUT2D eigenvalue weighted by molar-refractivity contribution is 5.88. The molecule has 3 heterocycles. The first kappa shape index (κ1) is 24.6. The predicted molar refractivity (Wildman–Crippen MR) is 120 cm³/mol. The molecule has 1 atom stereocenters. The zero-order valence-electron chi connectivity index (χ0n) is 18.6. The molecule has 36 heavy (non-hydrogen) atoms. The zero-order chi connectivity index (χ0) is 26.0. The van der Waals surface area contributed by atoms with E-state index >= 15 is 0 Å². The van der Waals surface area contributed by atoms with E-state index in [0.717, 1.165) is 18.5 Å². The van der Waals surface area contributed by atoms with Crippen molar-refractivity contribution >= 4 is 17.0 Å². The molecule has 0 aliphatic heterocycles. The van der Waals surface area contributed by atoms with Crippen molar-refractivity contribution in [2.45, 2.75) is 25.4 Å². The number of nitrogens with zero attached hydrogens (tertiary/aromatic N) is 6. The van der Waals surface area contributed by atoms with Gasteiger partial charge in [-0.25, -0.2) is 33.8 Å².